The number of carboxylic acids is 1. The number of aliphatic hydroxyl groups is 1. The highest BCUT2D eigenvalue weighted by molar-refractivity contribution is 7.89. The maximum Gasteiger partial charge on any atom is 0.473 e. The van der Waals surface area contributed by atoms with Crippen molar-refractivity contribution in [1.82, 2.24) is 19.1 Å². The van der Waals surface area contributed by atoms with Crippen LogP contribution < -0.4 is 11.1 Å². The van der Waals surface area contributed by atoms with Crippen LogP contribution in [-0.2, 0) is 23.0 Å². The highest BCUT2D eigenvalue weighted by atomic mass is 32.2. The fraction of sp³-hybridized carbons (Fsp3) is 0.333. The summed E-state index contributed by atoms with van der Waals surface area (Å²) in [5, 5.41) is 24.1. The highest BCUT2D eigenvalue weighted by Crippen LogP contribution is 2.28. The third kappa shape index (κ3) is 6.92. The van der Waals surface area contributed by atoms with E-state index in [-0.39, 0.29) is 24.8 Å². The van der Waals surface area contributed by atoms with Gasteiger partial charge in [-0.05, 0) is 60.9 Å². The smallest absolute Gasteiger partial charge is 0.473 e. The Labute approximate surface area is 240 Å². The molecule has 0 radical (unpaired) electrons. The summed E-state index contributed by atoms with van der Waals surface area (Å²) in [5.41, 5.74) is 7.32. The van der Waals surface area contributed by atoms with Gasteiger partial charge in [-0.15, -0.1) is 4.31 Å². The second-order valence-corrected chi connectivity index (χ2v) is 11.9. The molecule has 0 fully saturated rings. The Morgan fingerprint density at radius 1 is 1.19 bits per heavy atom. The van der Waals surface area contributed by atoms with Crippen LogP contribution in [0.4, 0.5) is 13.2 Å². The maximum atomic E-state index is 13.1. The molecule has 2 aromatic carbocycles. The van der Waals surface area contributed by atoms with Gasteiger partial charge in [-0.1, -0.05) is 18.2 Å². The molecule has 226 valence electrons. The Morgan fingerprint density at radius 3 is 2.57 bits per heavy atom. The minimum atomic E-state index is -5.10. The fourth-order valence-corrected chi connectivity index (χ4v) is 5.70. The van der Waals surface area contributed by atoms with Crippen LogP contribution in [0.2, 0.25) is 0 Å². The van der Waals surface area contributed by atoms with Gasteiger partial charge in [0, 0.05) is 43.6 Å². The molecule has 2 atom stereocenters. The van der Waals surface area contributed by atoms with Crippen molar-refractivity contribution < 1.29 is 36.6 Å². The molecule has 2 heterocycles. The molecule has 1 aliphatic rings. The average Bonchev–Trinajstić information content (AvgIpc) is 3.29. The molecule has 0 saturated heterocycles. The molecule has 0 spiro atoms. The molecule has 0 saturated carbocycles. The van der Waals surface area contributed by atoms with E-state index in [2.05, 4.69) is 10.3 Å². The molecule has 42 heavy (non-hydrogen) atoms. The molecule has 4 rings (SSSR count). The van der Waals surface area contributed by atoms with Crippen molar-refractivity contribution in [1.29, 1.82) is 0 Å². The van der Waals surface area contributed by atoms with Gasteiger partial charge < -0.3 is 30.7 Å². The number of carboxylic acid groups (broad SMARTS) is 1. The first-order chi connectivity index (χ1) is 19.7. The molecule has 1 aromatic heterocycles. The van der Waals surface area contributed by atoms with E-state index in [1.165, 1.54) is 29.1 Å². The van der Waals surface area contributed by atoms with Crippen LogP contribution in [0.5, 0.6) is 0 Å². The number of sulfonamides is 1. The standard InChI is InChI=1S/C27H31F3N6O5S/c1-17(32-14-25(37)35-9-8-24(31)33-16-35)10-18-6-7-22-20(11-18)13-23(26(38)39)36(22)15-19-4-3-5-21(12-19)42(40,41)34(2)27(28,29)30/h3-8,11-13,16-17,25,32,37H,9-10,14-15,31H2,1-2H3,(H,38,39). The van der Waals surface area contributed by atoms with E-state index in [4.69, 9.17) is 5.73 Å². The first kappa shape index (κ1) is 31.0. The van der Waals surface area contributed by atoms with E-state index >= 15 is 0 Å². The van der Waals surface area contributed by atoms with Crippen molar-refractivity contribution in [2.24, 2.45) is 10.7 Å². The molecule has 0 bridgehead atoms. The number of aliphatic hydroxyl groups excluding tert-OH is 1. The van der Waals surface area contributed by atoms with Crippen LogP contribution in [0.15, 0.2) is 70.3 Å². The van der Waals surface area contributed by atoms with E-state index in [1.807, 2.05) is 19.1 Å². The van der Waals surface area contributed by atoms with Gasteiger partial charge in [0.05, 0.1) is 11.2 Å². The lowest BCUT2D eigenvalue weighted by Gasteiger charge is -2.27. The van der Waals surface area contributed by atoms with Crippen molar-refractivity contribution >= 4 is 33.2 Å². The summed E-state index contributed by atoms with van der Waals surface area (Å²) in [5.74, 6) is -0.819. The number of fused-ring (bicyclic) bond motifs is 1. The number of hydrogen-bond donors (Lipinski definition) is 4. The topological polar surface area (TPSA) is 153 Å². The lowest BCUT2D eigenvalue weighted by Crippen LogP contribution is -2.45. The summed E-state index contributed by atoms with van der Waals surface area (Å²) >= 11 is 0. The van der Waals surface area contributed by atoms with Gasteiger partial charge in [0.1, 0.15) is 17.7 Å². The second kappa shape index (κ2) is 12.1. The molecule has 11 nitrogen and oxygen atoms in total. The van der Waals surface area contributed by atoms with Crippen LogP contribution in [0.1, 0.15) is 28.5 Å². The summed E-state index contributed by atoms with van der Waals surface area (Å²) in [6.07, 6.45) is -2.14. The number of carbonyl (C=O) groups is 1. The number of aromatic carboxylic acids is 1. The van der Waals surface area contributed by atoms with Gasteiger partial charge in [-0.3, -0.25) is 0 Å². The van der Waals surface area contributed by atoms with E-state index in [9.17, 15) is 36.6 Å². The minimum Gasteiger partial charge on any atom is -0.477 e. The Balaban J connectivity index is 1.51. The molecule has 2 unspecified atom stereocenters. The number of nitrogens with two attached hydrogens (primary N) is 1. The molecular weight excluding hydrogens is 577 g/mol. The summed E-state index contributed by atoms with van der Waals surface area (Å²) in [6, 6.07) is 11.9. The number of rotatable bonds is 11. The number of halogens is 3. The first-order valence-electron chi connectivity index (χ1n) is 12.8. The SMILES string of the molecule is CC(Cc1ccc2c(c1)cc(C(=O)O)n2Cc1cccc(S(=O)(=O)N(C)C(F)(F)F)c1)NCC(O)N1C=NC(N)=CC1. The van der Waals surface area contributed by atoms with Gasteiger partial charge >= 0.3 is 12.3 Å². The molecule has 15 heteroatoms. The highest BCUT2D eigenvalue weighted by Gasteiger charge is 2.43. The molecule has 0 amide bonds. The third-order valence-corrected chi connectivity index (χ3v) is 8.66. The number of alkyl halides is 3. The zero-order valence-electron chi connectivity index (χ0n) is 22.8. The Hall–Kier alpha value is -3.92. The van der Waals surface area contributed by atoms with E-state index in [0.29, 0.717) is 42.3 Å². The number of nitrogens with zero attached hydrogens (tertiary/aromatic N) is 4. The monoisotopic (exact) mass is 608 g/mol. The summed E-state index contributed by atoms with van der Waals surface area (Å²) in [4.78, 5) is 17.1. The van der Waals surface area contributed by atoms with Gasteiger partial charge in [0.2, 0.25) is 10.0 Å². The molecule has 5 N–H and O–H groups in total. The van der Waals surface area contributed by atoms with Gasteiger partial charge in [0.25, 0.3) is 0 Å². The zero-order chi connectivity index (χ0) is 30.8. The maximum absolute atomic E-state index is 13.1. The van der Waals surface area contributed by atoms with Crippen LogP contribution in [-0.4, -0.2) is 83.4 Å². The average molecular weight is 609 g/mol. The summed E-state index contributed by atoms with van der Waals surface area (Å²) in [6.45, 7) is 2.58. The number of aromatic nitrogens is 1. The first-order valence-corrected chi connectivity index (χ1v) is 14.3. The van der Waals surface area contributed by atoms with Crippen LogP contribution in [0, 0.1) is 0 Å². The Morgan fingerprint density at radius 2 is 1.93 bits per heavy atom. The predicted molar refractivity (Wildman–Crippen MR) is 150 cm³/mol. The van der Waals surface area contributed by atoms with Crippen molar-refractivity contribution in [2.45, 2.75) is 43.4 Å². The predicted octanol–water partition coefficient (Wildman–Crippen LogP) is 2.51. The lowest BCUT2D eigenvalue weighted by molar-refractivity contribution is -0.202. The van der Waals surface area contributed by atoms with Crippen LogP contribution in [0.3, 0.4) is 0 Å². The molecular formula is C27H31F3N6O5S. The summed E-state index contributed by atoms with van der Waals surface area (Å²) in [7, 11) is -4.43. The lowest BCUT2D eigenvalue weighted by atomic mass is 10.1. The zero-order valence-corrected chi connectivity index (χ0v) is 23.6. The molecule has 3 aromatic rings. The second-order valence-electron chi connectivity index (χ2n) is 9.97. The van der Waals surface area contributed by atoms with E-state index < -0.39 is 37.7 Å². The van der Waals surface area contributed by atoms with Crippen molar-refractivity contribution in [3.63, 3.8) is 0 Å². The van der Waals surface area contributed by atoms with Gasteiger partial charge in [0.15, 0.2) is 0 Å². The normalized spacial score (nSPS) is 15.7. The van der Waals surface area contributed by atoms with Crippen LogP contribution >= 0.6 is 0 Å². The Kier molecular flexibility index (Phi) is 8.96. The number of hydrogen-bond acceptors (Lipinski definition) is 8. The quantitative estimate of drug-likeness (QED) is 0.242. The van der Waals surface area contributed by atoms with Crippen molar-refractivity contribution in [3.8, 4) is 0 Å². The minimum absolute atomic E-state index is 0.0417. The third-order valence-electron chi connectivity index (χ3n) is 6.88. The van der Waals surface area contributed by atoms with Crippen molar-refractivity contribution in [2.75, 3.05) is 20.1 Å². The van der Waals surface area contributed by atoms with Gasteiger partial charge in [-0.25, -0.2) is 18.2 Å². The Bertz CT molecular complexity index is 1640. The number of aliphatic imine (C=N–C) groups is 1. The van der Waals surface area contributed by atoms with Gasteiger partial charge in [-0.2, -0.15) is 13.2 Å². The fourth-order valence-electron chi connectivity index (χ4n) is 4.56. The molecule has 0 aliphatic carbocycles. The van der Waals surface area contributed by atoms with Crippen molar-refractivity contribution in [3.05, 3.63) is 77.2 Å². The number of nitrogens with one attached hydrogen (secondary N) is 1. The number of benzene rings is 2. The molecule has 1 aliphatic heterocycles. The van der Waals surface area contributed by atoms with E-state index in [1.54, 1.807) is 17.0 Å². The van der Waals surface area contributed by atoms with E-state index in [0.717, 1.165) is 17.7 Å². The summed E-state index contributed by atoms with van der Waals surface area (Å²) < 4.78 is 65.0. The largest absolute Gasteiger partial charge is 0.477 e. The van der Waals surface area contributed by atoms with Crippen LogP contribution in [0.25, 0.3) is 10.9 Å².